The van der Waals surface area contributed by atoms with Gasteiger partial charge in [-0.2, -0.15) is 0 Å². The van der Waals surface area contributed by atoms with Crippen LogP contribution in [0, 0.1) is 5.92 Å². The molecule has 2 aromatic rings. The zero-order valence-corrected chi connectivity index (χ0v) is 17.1. The molecule has 1 heterocycles. The summed E-state index contributed by atoms with van der Waals surface area (Å²) in [7, 11) is 1.51. The third-order valence-electron chi connectivity index (χ3n) is 7.53. The highest BCUT2D eigenvalue weighted by atomic mass is 16.5. The number of nitrogens with one attached hydrogen (secondary N) is 1. The van der Waals surface area contributed by atoms with Crippen LogP contribution in [0.5, 0.6) is 0 Å². The van der Waals surface area contributed by atoms with Gasteiger partial charge in [-0.3, -0.25) is 4.79 Å². The first-order chi connectivity index (χ1) is 13.1. The Labute approximate surface area is 162 Å². The maximum Gasteiger partial charge on any atom is 0.306 e. The van der Waals surface area contributed by atoms with Gasteiger partial charge in [-0.15, -0.1) is 0 Å². The van der Waals surface area contributed by atoms with Gasteiger partial charge < -0.3 is 9.72 Å². The normalized spacial score (nSPS) is 25.7. The second-order valence-electron chi connectivity index (χ2n) is 8.68. The van der Waals surface area contributed by atoms with Crippen LogP contribution in [0.25, 0.3) is 10.9 Å². The standard InChI is InChI=1S/C24H33NO2/c1-4-16-11-8-12-19-21-18(17-9-6-7-10-17)13-14-24(5-2,15-20(26)27-3)23(21)25-22(16)19/h8,11-12,17-18,25H,4-7,9-10,13-15H2,1-3H3. The van der Waals surface area contributed by atoms with Crippen molar-refractivity contribution in [2.75, 3.05) is 7.11 Å². The monoisotopic (exact) mass is 367 g/mol. The number of aromatic amines is 1. The lowest BCUT2D eigenvalue weighted by molar-refractivity contribution is -0.142. The fourth-order valence-electron chi connectivity index (χ4n) is 5.93. The van der Waals surface area contributed by atoms with Gasteiger partial charge in [-0.05, 0) is 61.5 Å². The minimum Gasteiger partial charge on any atom is -0.469 e. The Morgan fingerprint density at radius 2 is 2.00 bits per heavy atom. The smallest absolute Gasteiger partial charge is 0.306 e. The van der Waals surface area contributed by atoms with Crippen LogP contribution in [0.1, 0.15) is 88.0 Å². The molecule has 3 nitrogen and oxygen atoms in total. The number of fused-ring (bicyclic) bond motifs is 3. The number of rotatable bonds is 5. The van der Waals surface area contributed by atoms with Crippen LogP contribution in [0.3, 0.4) is 0 Å². The zero-order chi connectivity index (χ0) is 19.0. The number of benzene rings is 1. The maximum atomic E-state index is 12.3. The van der Waals surface area contributed by atoms with E-state index < -0.39 is 0 Å². The molecular weight excluding hydrogens is 334 g/mol. The number of para-hydroxylation sites is 1. The Hall–Kier alpha value is -1.77. The van der Waals surface area contributed by atoms with Crippen molar-refractivity contribution in [1.29, 1.82) is 0 Å². The SMILES string of the molecule is CCc1cccc2c3c([nH]c12)C(CC)(CC(=O)OC)CCC3C1CCCC1. The molecule has 1 aromatic heterocycles. The lowest BCUT2D eigenvalue weighted by Gasteiger charge is -2.41. The minimum atomic E-state index is -0.110. The Kier molecular flexibility index (Phi) is 5.05. The molecule has 1 aromatic carbocycles. The van der Waals surface area contributed by atoms with Gasteiger partial charge in [0.1, 0.15) is 0 Å². The number of aromatic nitrogens is 1. The molecule has 0 aliphatic heterocycles. The molecule has 0 spiro atoms. The predicted octanol–water partition coefficient (Wildman–Crippen LogP) is 6.01. The number of carbonyl (C=O) groups is 1. The minimum absolute atomic E-state index is 0.0866. The molecular formula is C24H33NO2. The van der Waals surface area contributed by atoms with Gasteiger partial charge in [-0.1, -0.05) is 44.9 Å². The second kappa shape index (κ2) is 7.33. The Bertz CT molecular complexity index is 830. The summed E-state index contributed by atoms with van der Waals surface area (Å²) in [6.45, 7) is 4.46. The molecule has 1 fully saturated rings. The number of H-pyrrole nitrogens is 1. The summed E-state index contributed by atoms with van der Waals surface area (Å²) in [5.41, 5.74) is 5.45. The molecule has 2 aliphatic rings. The molecule has 1 N–H and O–H groups in total. The molecule has 2 atom stereocenters. The van der Waals surface area contributed by atoms with Gasteiger partial charge in [0.2, 0.25) is 0 Å². The van der Waals surface area contributed by atoms with Crippen LogP contribution < -0.4 is 0 Å². The number of esters is 1. The number of carbonyl (C=O) groups excluding carboxylic acids is 1. The molecule has 2 aliphatic carbocycles. The van der Waals surface area contributed by atoms with Crippen LogP contribution in [-0.4, -0.2) is 18.1 Å². The van der Waals surface area contributed by atoms with E-state index >= 15 is 0 Å². The van der Waals surface area contributed by atoms with Crippen LogP contribution >= 0.6 is 0 Å². The van der Waals surface area contributed by atoms with Crippen LogP contribution in [0.15, 0.2) is 18.2 Å². The van der Waals surface area contributed by atoms with Crippen LogP contribution in [-0.2, 0) is 21.4 Å². The maximum absolute atomic E-state index is 12.3. The quantitative estimate of drug-likeness (QED) is 0.658. The summed E-state index contributed by atoms with van der Waals surface area (Å²) in [6, 6.07) is 6.75. The van der Waals surface area contributed by atoms with E-state index in [4.69, 9.17) is 4.74 Å². The van der Waals surface area contributed by atoms with E-state index in [1.54, 1.807) is 0 Å². The van der Waals surface area contributed by atoms with E-state index in [1.807, 2.05) is 0 Å². The van der Waals surface area contributed by atoms with Crippen molar-refractivity contribution in [3.05, 3.63) is 35.0 Å². The Morgan fingerprint density at radius 3 is 2.67 bits per heavy atom. The Morgan fingerprint density at radius 1 is 1.22 bits per heavy atom. The highest BCUT2D eigenvalue weighted by Crippen LogP contribution is 2.54. The van der Waals surface area contributed by atoms with Crippen molar-refractivity contribution in [2.45, 2.75) is 83.0 Å². The van der Waals surface area contributed by atoms with Gasteiger partial charge in [0, 0.05) is 22.0 Å². The summed E-state index contributed by atoms with van der Waals surface area (Å²) >= 11 is 0. The van der Waals surface area contributed by atoms with E-state index in [9.17, 15) is 4.79 Å². The summed E-state index contributed by atoms with van der Waals surface area (Å²) in [4.78, 5) is 16.1. The third-order valence-corrected chi connectivity index (χ3v) is 7.53. The molecule has 0 amide bonds. The van der Waals surface area contributed by atoms with E-state index in [1.165, 1.54) is 66.9 Å². The summed E-state index contributed by atoms with van der Waals surface area (Å²) in [5.74, 6) is 1.36. The molecule has 2 unspecified atom stereocenters. The van der Waals surface area contributed by atoms with Gasteiger partial charge in [0.05, 0.1) is 13.5 Å². The van der Waals surface area contributed by atoms with Crippen molar-refractivity contribution in [2.24, 2.45) is 5.92 Å². The largest absolute Gasteiger partial charge is 0.469 e. The first-order valence-corrected chi connectivity index (χ1v) is 10.8. The first-order valence-electron chi connectivity index (χ1n) is 10.8. The summed E-state index contributed by atoms with van der Waals surface area (Å²) in [5, 5.41) is 1.41. The first kappa shape index (κ1) is 18.6. The number of hydrogen-bond acceptors (Lipinski definition) is 2. The highest BCUT2D eigenvalue weighted by Gasteiger charge is 2.45. The lowest BCUT2D eigenvalue weighted by atomic mass is 9.63. The molecule has 3 heteroatoms. The number of ether oxygens (including phenoxy) is 1. The molecule has 146 valence electrons. The average molecular weight is 368 g/mol. The van der Waals surface area contributed by atoms with E-state index in [0.29, 0.717) is 12.3 Å². The van der Waals surface area contributed by atoms with Gasteiger partial charge in [-0.25, -0.2) is 0 Å². The molecule has 27 heavy (non-hydrogen) atoms. The molecule has 4 rings (SSSR count). The van der Waals surface area contributed by atoms with E-state index in [2.05, 4.69) is 37.0 Å². The topological polar surface area (TPSA) is 42.1 Å². The van der Waals surface area contributed by atoms with Crippen LogP contribution in [0.2, 0.25) is 0 Å². The van der Waals surface area contributed by atoms with Gasteiger partial charge in [0.15, 0.2) is 0 Å². The number of methoxy groups -OCH3 is 1. The van der Waals surface area contributed by atoms with Crippen molar-refractivity contribution < 1.29 is 9.53 Å². The van der Waals surface area contributed by atoms with Crippen molar-refractivity contribution >= 4 is 16.9 Å². The van der Waals surface area contributed by atoms with Crippen molar-refractivity contribution in [1.82, 2.24) is 4.98 Å². The molecule has 0 saturated heterocycles. The zero-order valence-electron chi connectivity index (χ0n) is 17.1. The number of aryl methyl sites for hydroxylation is 1. The molecule has 0 bridgehead atoms. The van der Waals surface area contributed by atoms with Gasteiger partial charge in [0.25, 0.3) is 0 Å². The van der Waals surface area contributed by atoms with Crippen LogP contribution in [0.4, 0.5) is 0 Å². The second-order valence-corrected chi connectivity index (χ2v) is 8.68. The van der Waals surface area contributed by atoms with E-state index in [0.717, 1.165) is 25.2 Å². The third kappa shape index (κ3) is 2.99. The summed E-state index contributed by atoms with van der Waals surface area (Å²) in [6.07, 6.45) is 10.2. The fourth-order valence-corrected chi connectivity index (χ4v) is 5.93. The molecule has 1 saturated carbocycles. The Balaban J connectivity index is 1.91. The molecule has 0 radical (unpaired) electrons. The van der Waals surface area contributed by atoms with E-state index in [-0.39, 0.29) is 11.4 Å². The average Bonchev–Trinajstić information content (AvgIpc) is 3.36. The van der Waals surface area contributed by atoms with Crippen molar-refractivity contribution in [3.8, 4) is 0 Å². The lowest BCUT2D eigenvalue weighted by Crippen LogP contribution is -2.36. The van der Waals surface area contributed by atoms with Gasteiger partial charge >= 0.3 is 5.97 Å². The summed E-state index contributed by atoms with van der Waals surface area (Å²) < 4.78 is 5.09. The van der Waals surface area contributed by atoms with Crippen molar-refractivity contribution in [3.63, 3.8) is 0 Å². The predicted molar refractivity (Wildman–Crippen MR) is 110 cm³/mol. The highest BCUT2D eigenvalue weighted by molar-refractivity contribution is 5.89. The fraction of sp³-hybridized carbons (Fsp3) is 0.625. The number of hydrogen-bond donors (Lipinski definition) is 1.